The van der Waals surface area contributed by atoms with Crippen LogP contribution in [0.3, 0.4) is 0 Å². The molecular formula is C16H30N4O5. The second kappa shape index (κ2) is 10.7. The lowest BCUT2D eigenvalue weighted by Crippen LogP contribution is -2.56. The summed E-state index contributed by atoms with van der Waals surface area (Å²) >= 11 is 0. The van der Waals surface area contributed by atoms with Crippen LogP contribution in [0.1, 0.15) is 47.0 Å². The van der Waals surface area contributed by atoms with Crippen LogP contribution in [-0.2, 0) is 19.2 Å². The first kappa shape index (κ1) is 22.8. The van der Waals surface area contributed by atoms with Crippen LogP contribution in [0, 0.1) is 11.8 Å². The van der Waals surface area contributed by atoms with Gasteiger partial charge in [0, 0.05) is 0 Å². The maximum absolute atomic E-state index is 12.4. The van der Waals surface area contributed by atoms with Crippen LogP contribution >= 0.6 is 0 Å². The maximum Gasteiger partial charge on any atom is 0.305 e. The zero-order valence-electron chi connectivity index (χ0n) is 15.2. The minimum absolute atomic E-state index is 0.0619. The van der Waals surface area contributed by atoms with Gasteiger partial charge in [-0.3, -0.25) is 19.2 Å². The maximum atomic E-state index is 12.4. The van der Waals surface area contributed by atoms with Crippen molar-refractivity contribution in [2.45, 2.75) is 65.1 Å². The van der Waals surface area contributed by atoms with Gasteiger partial charge in [-0.15, -0.1) is 0 Å². The number of carboxylic acids is 1. The summed E-state index contributed by atoms with van der Waals surface area (Å²) in [6.45, 7) is 7.46. The van der Waals surface area contributed by atoms with E-state index < -0.39 is 48.2 Å². The Morgan fingerprint density at radius 3 is 1.92 bits per heavy atom. The number of nitrogens with two attached hydrogens (primary N) is 2. The molecule has 0 aliphatic rings. The fourth-order valence-electron chi connectivity index (χ4n) is 2.15. The molecule has 0 aromatic carbocycles. The molecule has 7 N–H and O–H groups in total. The highest BCUT2D eigenvalue weighted by atomic mass is 16.4. The van der Waals surface area contributed by atoms with Gasteiger partial charge in [0.25, 0.3) is 0 Å². The Morgan fingerprint density at radius 2 is 1.52 bits per heavy atom. The quantitative estimate of drug-likeness (QED) is 0.329. The molecule has 0 spiro atoms. The van der Waals surface area contributed by atoms with E-state index in [1.165, 1.54) is 0 Å². The number of rotatable bonds is 11. The van der Waals surface area contributed by atoms with Crippen molar-refractivity contribution >= 4 is 23.7 Å². The monoisotopic (exact) mass is 358 g/mol. The summed E-state index contributed by atoms with van der Waals surface area (Å²) in [6.07, 6.45) is 0.386. The van der Waals surface area contributed by atoms with Crippen molar-refractivity contribution in [3.8, 4) is 0 Å². The summed E-state index contributed by atoms with van der Waals surface area (Å²) in [6, 6.07) is -3.04. The van der Waals surface area contributed by atoms with Crippen molar-refractivity contribution in [1.82, 2.24) is 10.6 Å². The molecule has 0 rings (SSSR count). The van der Waals surface area contributed by atoms with E-state index in [1.807, 2.05) is 27.7 Å². The van der Waals surface area contributed by atoms with E-state index in [4.69, 9.17) is 16.6 Å². The minimum atomic E-state index is -1.35. The van der Waals surface area contributed by atoms with E-state index in [1.54, 1.807) is 0 Å². The van der Waals surface area contributed by atoms with Crippen LogP contribution in [0.5, 0.6) is 0 Å². The molecule has 4 atom stereocenters. The van der Waals surface area contributed by atoms with Crippen LogP contribution in [0.25, 0.3) is 0 Å². The molecule has 0 radical (unpaired) electrons. The van der Waals surface area contributed by atoms with Crippen LogP contribution in [0.4, 0.5) is 0 Å². The topological polar surface area (TPSA) is 165 Å². The molecule has 3 amide bonds. The lowest BCUT2D eigenvalue weighted by atomic mass is 9.97. The van der Waals surface area contributed by atoms with Crippen LogP contribution in [0.15, 0.2) is 0 Å². The molecule has 0 saturated heterocycles. The normalized spacial score (nSPS) is 15.8. The summed E-state index contributed by atoms with van der Waals surface area (Å²) < 4.78 is 0. The zero-order chi connectivity index (χ0) is 19.7. The average molecular weight is 358 g/mol. The number of aliphatic carboxylic acids is 1. The number of nitrogens with one attached hydrogen (secondary N) is 2. The molecule has 0 aliphatic carbocycles. The Balaban J connectivity index is 5.11. The number of carbonyl (C=O) groups is 4. The van der Waals surface area contributed by atoms with Gasteiger partial charge in [-0.2, -0.15) is 0 Å². The predicted octanol–water partition coefficient (Wildman–Crippen LogP) is -0.664. The Hall–Kier alpha value is -2.16. The lowest BCUT2D eigenvalue weighted by molar-refractivity contribution is -0.140. The van der Waals surface area contributed by atoms with Crippen molar-refractivity contribution in [2.24, 2.45) is 23.3 Å². The number of hydrogen-bond donors (Lipinski definition) is 5. The first-order valence-corrected chi connectivity index (χ1v) is 8.36. The molecule has 0 saturated carbocycles. The molecule has 0 aromatic heterocycles. The van der Waals surface area contributed by atoms with Gasteiger partial charge in [-0.25, -0.2) is 0 Å². The fraction of sp³-hybridized carbons (Fsp3) is 0.750. The number of primary amides is 1. The standard InChI is InChI=1S/C16H30N4O5/c1-5-9(4)13(17)16(25)20-11(6-8(2)3)15(24)19-10(14(18)23)7-12(21)22/h8-11,13H,5-7,17H2,1-4H3,(H2,18,23)(H,19,24)(H,20,25)(H,21,22)/t9-,10-,11-,13-/m0/s1. The smallest absolute Gasteiger partial charge is 0.305 e. The summed E-state index contributed by atoms with van der Waals surface area (Å²) in [7, 11) is 0. The number of hydrogen-bond acceptors (Lipinski definition) is 5. The number of amides is 3. The Labute approximate surface area is 147 Å². The largest absolute Gasteiger partial charge is 0.481 e. The Kier molecular flexibility index (Phi) is 9.73. The first-order valence-electron chi connectivity index (χ1n) is 8.36. The van der Waals surface area contributed by atoms with Crippen molar-refractivity contribution in [1.29, 1.82) is 0 Å². The summed E-state index contributed by atoms with van der Waals surface area (Å²) in [5.74, 6) is -3.35. The van der Waals surface area contributed by atoms with Gasteiger partial charge in [0.2, 0.25) is 17.7 Å². The molecule has 0 heterocycles. The molecule has 9 nitrogen and oxygen atoms in total. The van der Waals surface area contributed by atoms with E-state index in [9.17, 15) is 19.2 Å². The van der Waals surface area contributed by atoms with E-state index in [0.29, 0.717) is 12.8 Å². The third-order valence-corrected chi connectivity index (χ3v) is 3.94. The highest BCUT2D eigenvalue weighted by Gasteiger charge is 2.29. The first-order chi connectivity index (χ1) is 11.5. The molecule has 25 heavy (non-hydrogen) atoms. The van der Waals surface area contributed by atoms with E-state index in [0.717, 1.165) is 0 Å². The molecule has 9 heteroatoms. The highest BCUT2D eigenvalue weighted by Crippen LogP contribution is 2.09. The van der Waals surface area contributed by atoms with E-state index >= 15 is 0 Å². The van der Waals surface area contributed by atoms with Gasteiger partial charge >= 0.3 is 5.97 Å². The second-order valence-corrected chi connectivity index (χ2v) is 6.66. The van der Waals surface area contributed by atoms with Crippen molar-refractivity contribution in [3.05, 3.63) is 0 Å². The zero-order valence-corrected chi connectivity index (χ0v) is 15.2. The van der Waals surface area contributed by atoms with Gasteiger partial charge in [0.15, 0.2) is 0 Å². The molecule has 0 aliphatic heterocycles. The molecule has 0 fully saturated rings. The average Bonchev–Trinajstić information content (AvgIpc) is 2.50. The van der Waals surface area contributed by atoms with E-state index in [-0.39, 0.29) is 11.8 Å². The van der Waals surface area contributed by atoms with Gasteiger partial charge in [0.05, 0.1) is 12.5 Å². The molecule has 0 bridgehead atoms. The minimum Gasteiger partial charge on any atom is -0.481 e. The van der Waals surface area contributed by atoms with Crippen molar-refractivity contribution < 1.29 is 24.3 Å². The third kappa shape index (κ3) is 8.48. The van der Waals surface area contributed by atoms with Crippen LogP contribution in [0.2, 0.25) is 0 Å². The van der Waals surface area contributed by atoms with Crippen molar-refractivity contribution in [2.75, 3.05) is 0 Å². The summed E-state index contributed by atoms with van der Waals surface area (Å²) in [5.41, 5.74) is 11.0. The number of carboxylic acid groups (broad SMARTS) is 1. The second-order valence-electron chi connectivity index (χ2n) is 6.66. The molecular weight excluding hydrogens is 328 g/mol. The van der Waals surface area contributed by atoms with Gasteiger partial charge in [-0.05, 0) is 18.3 Å². The molecule has 0 unspecified atom stereocenters. The Morgan fingerprint density at radius 1 is 1.00 bits per heavy atom. The lowest BCUT2D eigenvalue weighted by Gasteiger charge is -2.25. The van der Waals surface area contributed by atoms with Gasteiger partial charge in [0.1, 0.15) is 12.1 Å². The van der Waals surface area contributed by atoms with E-state index in [2.05, 4.69) is 10.6 Å². The summed E-state index contributed by atoms with van der Waals surface area (Å²) in [5, 5.41) is 13.7. The molecule has 0 aromatic rings. The predicted molar refractivity (Wildman–Crippen MR) is 92.2 cm³/mol. The SMILES string of the molecule is CC[C@H](C)[C@H](N)C(=O)N[C@@H](CC(C)C)C(=O)N[C@@H](CC(=O)O)C(N)=O. The highest BCUT2D eigenvalue weighted by molar-refractivity contribution is 5.94. The van der Waals surface area contributed by atoms with Crippen LogP contribution in [-0.4, -0.2) is 46.9 Å². The van der Waals surface area contributed by atoms with Gasteiger partial charge in [-0.1, -0.05) is 34.1 Å². The fourth-order valence-corrected chi connectivity index (χ4v) is 2.15. The number of carbonyl (C=O) groups excluding carboxylic acids is 3. The van der Waals surface area contributed by atoms with Crippen molar-refractivity contribution in [3.63, 3.8) is 0 Å². The summed E-state index contributed by atoms with van der Waals surface area (Å²) in [4.78, 5) is 46.7. The van der Waals surface area contributed by atoms with Gasteiger partial charge < -0.3 is 27.2 Å². The Bertz CT molecular complexity index is 495. The molecule has 144 valence electrons. The third-order valence-electron chi connectivity index (χ3n) is 3.94. The van der Waals surface area contributed by atoms with Crippen LogP contribution < -0.4 is 22.1 Å².